The monoisotopic (exact) mass is 248 g/mol. The van der Waals surface area contributed by atoms with Crippen LogP contribution >= 0.6 is 0 Å². The van der Waals surface area contributed by atoms with Crippen LogP contribution in [-0.4, -0.2) is 25.2 Å². The van der Waals surface area contributed by atoms with E-state index < -0.39 is 0 Å². The van der Waals surface area contributed by atoms with E-state index in [0.29, 0.717) is 18.8 Å². The summed E-state index contributed by atoms with van der Waals surface area (Å²) in [5.41, 5.74) is 1.31. The molecule has 96 valence electrons. The largest absolute Gasteiger partial charge is 0.463 e. The van der Waals surface area contributed by atoms with E-state index in [9.17, 15) is 9.59 Å². The molecular weight excluding hydrogens is 232 g/mol. The Morgan fingerprint density at radius 1 is 1.06 bits per heavy atom. The highest BCUT2D eigenvalue weighted by Crippen LogP contribution is 2.07. The van der Waals surface area contributed by atoms with Crippen LogP contribution in [0.15, 0.2) is 30.3 Å². The van der Waals surface area contributed by atoms with E-state index in [0.717, 1.165) is 5.56 Å². The lowest BCUT2D eigenvalue weighted by molar-refractivity contribution is -0.137. The molecular formula is C14H16O4. The predicted molar refractivity (Wildman–Crippen MR) is 68.1 cm³/mol. The molecule has 1 aromatic carbocycles. The van der Waals surface area contributed by atoms with Gasteiger partial charge in [0.15, 0.2) is 0 Å². The van der Waals surface area contributed by atoms with Crippen molar-refractivity contribution in [2.24, 2.45) is 0 Å². The molecule has 0 saturated heterocycles. The van der Waals surface area contributed by atoms with E-state index in [4.69, 9.17) is 9.47 Å². The van der Waals surface area contributed by atoms with E-state index in [1.165, 1.54) is 6.08 Å². The molecule has 0 fully saturated rings. The smallest absolute Gasteiger partial charge is 0.338 e. The minimum atomic E-state index is -0.382. The molecule has 0 amide bonds. The molecule has 0 heterocycles. The molecule has 0 aromatic heterocycles. The summed E-state index contributed by atoms with van der Waals surface area (Å²) in [6.45, 7) is 4.21. The fourth-order valence-electron chi connectivity index (χ4n) is 1.30. The van der Waals surface area contributed by atoms with Crippen LogP contribution < -0.4 is 0 Å². The zero-order valence-corrected chi connectivity index (χ0v) is 10.5. The fraction of sp³-hybridized carbons (Fsp3) is 0.286. The summed E-state index contributed by atoms with van der Waals surface area (Å²) < 4.78 is 9.62. The number of esters is 2. The highest BCUT2D eigenvalue weighted by atomic mass is 16.5. The topological polar surface area (TPSA) is 52.6 Å². The third-order valence-electron chi connectivity index (χ3n) is 2.12. The molecule has 0 aliphatic rings. The molecule has 18 heavy (non-hydrogen) atoms. The highest BCUT2D eigenvalue weighted by Gasteiger charge is 2.04. The molecule has 0 unspecified atom stereocenters. The summed E-state index contributed by atoms with van der Waals surface area (Å²) in [7, 11) is 0. The van der Waals surface area contributed by atoms with Crippen molar-refractivity contribution in [1.29, 1.82) is 0 Å². The fourth-order valence-corrected chi connectivity index (χ4v) is 1.30. The van der Waals surface area contributed by atoms with Crippen molar-refractivity contribution in [3.63, 3.8) is 0 Å². The second-order valence-corrected chi connectivity index (χ2v) is 3.43. The maximum absolute atomic E-state index is 11.4. The minimum absolute atomic E-state index is 0.349. The SMILES string of the molecule is CCOC(=O)/C=C/c1ccc(C(=O)OCC)cc1. The van der Waals surface area contributed by atoms with Crippen LogP contribution in [0.2, 0.25) is 0 Å². The van der Waals surface area contributed by atoms with E-state index in [1.807, 2.05) is 0 Å². The van der Waals surface area contributed by atoms with Gasteiger partial charge in [-0.25, -0.2) is 9.59 Å². The summed E-state index contributed by atoms with van der Waals surface area (Å²) in [5.74, 6) is -0.731. The van der Waals surface area contributed by atoms with Crippen molar-refractivity contribution in [2.45, 2.75) is 13.8 Å². The number of hydrogen-bond donors (Lipinski definition) is 0. The summed E-state index contributed by atoms with van der Waals surface area (Å²) in [4.78, 5) is 22.5. The summed E-state index contributed by atoms with van der Waals surface area (Å²) in [6.07, 6.45) is 2.98. The lowest BCUT2D eigenvalue weighted by Crippen LogP contribution is -2.04. The average Bonchev–Trinajstić information content (AvgIpc) is 2.37. The molecule has 0 aliphatic carbocycles. The Morgan fingerprint density at radius 3 is 2.22 bits per heavy atom. The number of carbonyl (C=O) groups is 2. The Bertz CT molecular complexity index is 432. The lowest BCUT2D eigenvalue weighted by Gasteiger charge is -2.01. The van der Waals surface area contributed by atoms with Crippen molar-refractivity contribution in [1.82, 2.24) is 0 Å². The van der Waals surface area contributed by atoms with Crippen molar-refractivity contribution in [3.8, 4) is 0 Å². The second-order valence-electron chi connectivity index (χ2n) is 3.43. The highest BCUT2D eigenvalue weighted by molar-refractivity contribution is 5.90. The number of carbonyl (C=O) groups excluding carboxylic acids is 2. The first kappa shape index (κ1) is 14.0. The number of ether oxygens (including phenoxy) is 2. The first-order chi connectivity index (χ1) is 8.67. The molecule has 4 heteroatoms. The summed E-state index contributed by atoms with van der Waals surface area (Å²) >= 11 is 0. The molecule has 0 N–H and O–H groups in total. The first-order valence-electron chi connectivity index (χ1n) is 5.79. The molecule has 0 aliphatic heterocycles. The standard InChI is InChI=1S/C14H16O4/c1-3-17-13(15)10-7-11-5-8-12(9-6-11)14(16)18-4-2/h5-10H,3-4H2,1-2H3/b10-7+. The summed E-state index contributed by atoms with van der Waals surface area (Å²) in [5, 5.41) is 0. The van der Waals surface area contributed by atoms with Crippen LogP contribution in [0.25, 0.3) is 6.08 Å². The van der Waals surface area contributed by atoms with Gasteiger partial charge >= 0.3 is 11.9 Å². The zero-order chi connectivity index (χ0) is 13.4. The van der Waals surface area contributed by atoms with E-state index >= 15 is 0 Å². The van der Waals surface area contributed by atoms with Crippen LogP contribution in [0.4, 0.5) is 0 Å². The van der Waals surface area contributed by atoms with E-state index in [-0.39, 0.29) is 11.9 Å². The van der Waals surface area contributed by atoms with Crippen molar-refractivity contribution in [2.75, 3.05) is 13.2 Å². The number of benzene rings is 1. The van der Waals surface area contributed by atoms with Crippen LogP contribution in [0.1, 0.15) is 29.8 Å². The van der Waals surface area contributed by atoms with Crippen molar-refractivity contribution in [3.05, 3.63) is 41.5 Å². The normalized spacial score (nSPS) is 10.3. The van der Waals surface area contributed by atoms with Crippen LogP contribution in [-0.2, 0) is 14.3 Å². The maximum atomic E-state index is 11.4. The van der Waals surface area contributed by atoms with Crippen LogP contribution in [0, 0.1) is 0 Å². The van der Waals surface area contributed by atoms with Gasteiger partial charge < -0.3 is 9.47 Å². The van der Waals surface area contributed by atoms with Gasteiger partial charge in [-0.3, -0.25) is 0 Å². The summed E-state index contributed by atoms with van der Waals surface area (Å²) in [6, 6.07) is 6.79. The van der Waals surface area contributed by atoms with Gasteiger partial charge in [-0.05, 0) is 37.6 Å². The van der Waals surface area contributed by atoms with Gasteiger partial charge in [0.1, 0.15) is 0 Å². The first-order valence-corrected chi connectivity index (χ1v) is 5.79. The van der Waals surface area contributed by atoms with Crippen LogP contribution in [0.3, 0.4) is 0 Å². The molecule has 1 rings (SSSR count). The molecule has 0 atom stereocenters. The van der Waals surface area contributed by atoms with Crippen LogP contribution in [0.5, 0.6) is 0 Å². The predicted octanol–water partition coefficient (Wildman–Crippen LogP) is 2.44. The van der Waals surface area contributed by atoms with E-state index in [1.54, 1.807) is 44.2 Å². The lowest BCUT2D eigenvalue weighted by atomic mass is 10.1. The van der Waals surface area contributed by atoms with Gasteiger partial charge in [-0.2, -0.15) is 0 Å². The van der Waals surface area contributed by atoms with Gasteiger partial charge in [0.05, 0.1) is 18.8 Å². The quantitative estimate of drug-likeness (QED) is 0.593. The van der Waals surface area contributed by atoms with Gasteiger partial charge in [0.2, 0.25) is 0 Å². The van der Waals surface area contributed by atoms with Crippen molar-refractivity contribution >= 4 is 18.0 Å². The Hall–Kier alpha value is -2.10. The number of hydrogen-bond acceptors (Lipinski definition) is 4. The molecule has 4 nitrogen and oxygen atoms in total. The van der Waals surface area contributed by atoms with Gasteiger partial charge in [0, 0.05) is 6.08 Å². The Kier molecular flexibility index (Phi) is 5.64. The minimum Gasteiger partial charge on any atom is -0.463 e. The van der Waals surface area contributed by atoms with Gasteiger partial charge in [-0.1, -0.05) is 12.1 Å². The Labute approximate surface area is 106 Å². The molecule has 0 bridgehead atoms. The molecule has 0 radical (unpaired) electrons. The zero-order valence-electron chi connectivity index (χ0n) is 10.5. The van der Waals surface area contributed by atoms with E-state index in [2.05, 4.69) is 0 Å². The Balaban J connectivity index is 2.65. The van der Waals surface area contributed by atoms with Gasteiger partial charge in [-0.15, -0.1) is 0 Å². The second kappa shape index (κ2) is 7.27. The van der Waals surface area contributed by atoms with Crippen molar-refractivity contribution < 1.29 is 19.1 Å². The number of rotatable bonds is 5. The van der Waals surface area contributed by atoms with Gasteiger partial charge in [0.25, 0.3) is 0 Å². The third-order valence-corrected chi connectivity index (χ3v) is 2.12. The Morgan fingerprint density at radius 2 is 1.67 bits per heavy atom. The third kappa shape index (κ3) is 4.41. The molecule has 0 saturated carbocycles. The molecule has 0 spiro atoms. The molecule has 1 aromatic rings. The maximum Gasteiger partial charge on any atom is 0.338 e. The average molecular weight is 248 g/mol.